The Morgan fingerprint density at radius 2 is 2.04 bits per heavy atom. The van der Waals surface area contributed by atoms with Crippen LogP contribution in [0.3, 0.4) is 0 Å². The number of anilines is 3. The minimum Gasteiger partial charge on any atom is -0.372 e. The largest absolute Gasteiger partial charge is 0.421 e. The maximum Gasteiger partial charge on any atom is 0.421 e. The Balaban J connectivity index is 2.32. The topological polar surface area (TPSA) is 91.5 Å². The lowest BCUT2D eigenvalue weighted by molar-refractivity contribution is -0.137. The highest BCUT2D eigenvalue weighted by atomic mass is 19.4. The van der Waals surface area contributed by atoms with Crippen molar-refractivity contribution >= 4 is 17.5 Å². The Kier molecular flexibility index (Phi) is 4.40. The van der Waals surface area contributed by atoms with Crippen molar-refractivity contribution in [1.29, 1.82) is 5.26 Å². The molecule has 0 saturated carbocycles. The standard InChI is InChI=1S/C13H14F3N7/c1-7(4-17)23-8(2)10(6-20-23)21-12-19-5-9(13(14,15)16)11(18-3)22-12/h5-7H,1-3H3,(H2,18,19,21,22)/t7-/m0/s1. The minimum absolute atomic E-state index is 0.00499. The van der Waals surface area contributed by atoms with Gasteiger partial charge in [0.05, 0.1) is 23.6 Å². The minimum atomic E-state index is -4.54. The van der Waals surface area contributed by atoms with E-state index in [-0.39, 0.29) is 11.8 Å². The summed E-state index contributed by atoms with van der Waals surface area (Å²) in [5, 5.41) is 18.2. The van der Waals surface area contributed by atoms with Crippen LogP contribution >= 0.6 is 0 Å². The van der Waals surface area contributed by atoms with Crippen LogP contribution in [0, 0.1) is 18.3 Å². The second-order valence-corrected chi connectivity index (χ2v) is 4.72. The lowest BCUT2D eigenvalue weighted by atomic mass is 10.3. The molecule has 0 radical (unpaired) electrons. The van der Waals surface area contributed by atoms with Gasteiger partial charge in [-0.15, -0.1) is 0 Å². The second kappa shape index (κ2) is 6.12. The van der Waals surface area contributed by atoms with Crippen molar-refractivity contribution in [1.82, 2.24) is 19.7 Å². The van der Waals surface area contributed by atoms with Gasteiger partial charge < -0.3 is 10.6 Å². The Labute approximate surface area is 130 Å². The molecule has 2 rings (SSSR count). The van der Waals surface area contributed by atoms with Crippen LogP contribution in [0.5, 0.6) is 0 Å². The van der Waals surface area contributed by atoms with Crippen LogP contribution in [-0.4, -0.2) is 26.8 Å². The number of halogens is 3. The van der Waals surface area contributed by atoms with Crippen molar-refractivity contribution in [2.45, 2.75) is 26.1 Å². The zero-order chi connectivity index (χ0) is 17.2. The van der Waals surface area contributed by atoms with E-state index in [0.717, 1.165) is 0 Å². The first-order valence-electron chi connectivity index (χ1n) is 6.60. The summed E-state index contributed by atoms with van der Waals surface area (Å²) in [6.07, 6.45) is -2.37. The molecule has 2 heterocycles. The Bertz CT molecular complexity index is 745. The molecule has 2 aromatic rings. The van der Waals surface area contributed by atoms with E-state index in [0.29, 0.717) is 17.6 Å². The van der Waals surface area contributed by atoms with Crippen molar-refractivity contribution < 1.29 is 13.2 Å². The molecular formula is C13H14F3N7. The van der Waals surface area contributed by atoms with Gasteiger partial charge in [-0.25, -0.2) is 4.98 Å². The van der Waals surface area contributed by atoms with Crippen molar-refractivity contribution in [2.24, 2.45) is 0 Å². The molecule has 0 saturated heterocycles. The molecule has 0 aliphatic heterocycles. The number of nitriles is 1. The molecule has 0 aliphatic carbocycles. The van der Waals surface area contributed by atoms with Crippen molar-refractivity contribution in [2.75, 3.05) is 17.7 Å². The van der Waals surface area contributed by atoms with Gasteiger partial charge in [0.2, 0.25) is 5.95 Å². The van der Waals surface area contributed by atoms with Gasteiger partial charge >= 0.3 is 6.18 Å². The van der Waals surface area contributed by atoms with Crippen molar-refractivity contribution in [3.05, 3.63) is 23.7 Å². The maximum absolute atomic E-state index is 12.8. The van der Waals surface area contributed by atoms with Gasteiger partial charge in [-0.05, 0) is 13.8 Å². The highest BCUT2D eigenvalue weighted by molar-refractivity contribution is 5.58. The SMILES string of the molecule is CNc1nc(Nc2cnn([C@@H](C)C#N)c2C)ncc1C(F)(F)F. The molecule has 122 valence electrons. The van der Waals surface area contributed by atoms with Crippen LogP contribution in [0.4, 0.5) is 30.6 Å². The fourth-order valence-electron chi connectivity index (χ4n) is 1.95. The number of alkyl halides is 3. The highest BCUT2D eigenvalue weighted by Crippen LogP contribution is 2.34. The molecule has 0 bridgehead atoms. The summed E-state index contributed by atoms with van der Waals surface area (Å²) in [6, 6.07) is 1.58. The zero-order valence-corrected chi connectivity index (χ0v) is 12.6. The van der Waals surface area contributed by atoms with E-state index in [1.54, 1.807) is 13.8 Å². The number of nitrogens with zero attached hydrogens (tertiary/aromatic N) is 5. The Morgan fingerprint density at radius 3 is 2.61 bits per heavy atom. The van der Waals surface area contributed by atoms with Crippen LogP contribution in [0.15, 0.2) is 12.4 Å². The van der Waals surface area contributed by atoms with E-state index in [9.17, 15) is 13.2 Å². The van der Waals surface area contributed by atoms with E-state index >= 15 is 0 Å². The summed E-state index contributed by atoms with van der Waals surface area (Å²) in [5.74, 6) is -0.333. The van der Waals surface area contributed by atoms with E-state index in [1.165, 1.54) is 17.9 Å². The smallest absolute Gasteiger partial charge is 0.372 e. The average Bonchev–Trinajstić information content (AvgIpc) is 2.86. The quantitative estimate of drug-likeness (QED) is 0.898. The summed E-state index contributed by atoms with van der Waals surface area (Å²) in [5.41, 5.74) is 0.207. The van der Waals surface area contributed by atoms with Crippen LogP contribution in [0.2, 0.25) is 0 Å². The van der Waals surface area contributed by atoms with Crippen molar-refractivity contribution in [3.63, 3.8) is 0 Å². The molecule has 0 amide bonds. The van der Waals surface area contributed by atoms with E-state index in [2.05, 4.69) is 25.7 Å². The molecule has 0 aliphatic rings. The lowest BCUT2D eigenvalue weighted by Gasteiger charge is -2.13. The summed E-state index contributed by atoms with van der Waals surface area (Å²) in [7, 11) is 1.35. The molecule has 0 aromatic carbocycles. The number of hydrogen-bond acceptors (Lipinski definition) is 6. The third kappa shape index (κ3) is 3.33. The predicted octanol–water partition coefficient (Wildman–Crippen LogP) is 2.87. The first-order chi connectivity index (χ1) is 10.8. The van der Waals surface area contributed by atoms with Gasteiger partial charge in [0.15, 0.2) is 0 Å². The fraction of sp³-hybridized carbons (Fsp3) is 0.385. The summed E-state index contributed by atoms with van der Waals surface area (Å²) in [4.78, 5) is 7.49. The van der Waals surface area contributed by atoms with E-state index in [1.807, 2.05) is 6.07 Å². The third-order valence-electron chi connectivity index (χ3n) is 3.18. The molecular weight excluding hydrogens is 311 g/mol. The molecule has 23 heavy (non-hydrogen) atoms. The van der Waals surface area contributed by atoms with Gasteiger partial charge in [-0.2, -0.15) is 28.5 Å². The summed E-state index contributed by atoms with van der Waals surface area (Å²) < 4.78 is 39.9. The van der Waals surface area contributed by atoms with Crippen LogP contribution < -0.4 is 10.6 Å². The van der Waals surface area contributed by atoms with E-state index in [4.69, 9.17) is 5.26 Å². The molecule has 0 fully saturated rings. The average molecular weight is 325 g/mol. The molecule has 10 heteroatoms. The van der Waals surface area contributed by atoms with E-state index < -0.39 is 17.8 Å². The van der Waals surface area contributed by atoms with Crippen LogP contribution in [0.25, 0.3) is 0 Å². The number of aromatic nitrogens is 4. The maximum atomic E-state index is 12.8. The van der Waals surface area contributed by atoms with Gasteiger partial charge in [-0.3, -0.25) is 4.68 Å². The molecule has 1 atom stereocenters. The van der Waals surface area contributed by atoms with Crippen LogP contribution in [-0.2, 0) is 6.18 Å². The van der Waals surface area contributed by atoms with Gasteiger partial charge in [0.25, 0.3) is 0 Å². The lowest BCUT2D eigenvalue weighted by Crippen LogP contribution is -2.12. The molecule has 0 spiro atoms. The number of nitrogens with one attached hydrogen (secondary N) is 2. The zero-order valence-electron chi connectivity index (χ0n) is 12.6. The number of hydrogen-bond donors (Lipinski definition) is 2. The molecule has 2 N–H and O–H groups in total. The van der Waals surface area contributed by atoms with Gasteiger partial charge in [0.1, 0.15) is 17.4 Å². The third-order valence-corrected chi connectivity index (χ3v) is 3.18. The normalized spacial score (nSPS) is 12.6. The van der Waals surface area contributed by atoms with Crippen molar-refractivity contribution in [3.8, 4) is 6.07 Å². The monoisotopic (exact) mass is 325 g/mol. The van der Waals surface area contributed by atoms with Gasteiger partial charge in [0, 0.05) is 13.2 Å². The summed E-state index contributed by atoms with van der Waals surface area (Å²) >= 11 is 0. The molecule has 7 nitrogen and oxygen atoms in total. The Hall–Kier alpha value is -2.83. The predicted molar refractivity (Wildman–Crippen MR) is 77.2 cm³/mol. The molecule has 2 aromatic heterocycles. The molecule has 0 unspecified atom stereocenters. The number of rotatable bonds is 4. The first-order valence-corrected chi connectivity index (χ1v) is 6.60. The second-order valence-electron chi connectivity index (χ2n) is 4.72. The first kappa shape index (κ1) is 16.5. The highest BCUT2D eigenvalue weighted by Gasteiger charge is 2.35. The fourth-order valence-corrected chi connectivity index (χ4v) is 1.95. The summed E-state index contributed by atoms with van der Waals surface area (Å²) in [6.45, 7) is 3.41. The van der Waals surface area contributed by atoms with Gasteiger partial charge in [-0.1, -0.05) is 0 Å². The van der Waals surface area contributed by atoms with Crippen LogP contribution in [0.1, 0.15) is 24.2 Å². The Morgan fingerprint density at radius 1 is 1.35 bits per heavy atom.